The number of carbonyl (C=O) groups excluding carboxylic acids is 2. The molecule has 7 nitrogen and oxygen atoms in total. The summed E-state index contributed by atoms with van der Waals surface area (Å²) >= 11 is 6.07. The normalized spacial score (nSPS) is 16.2. The van der Waals surface area contributed by atoms with Crippen LogP contribution in [-0.2, 0) is 12.8 Å². The number of halogens is 1. The smallest absolute Gasteiger partial charge is 0.259 e. The van der Waals surface area contributed by atoms with Crippen molar-refractivity contribution in [3.63, 3.8) is 0 Å². The van der Waals surface area contributed by atoms with E-state index in [2.05, 4.69) is 10.1 Å². The van der Waals surface area contributed by atoms with Gasteiger partial charge >= 0.3 is 0 Å². The van der Waals surface area contributed by atoms with Gasteiger partial charge in [-0.15, -0.1) is 0 Å². The lowest BCUT2D eigenvalue weighted by Gasteiger charge is -2.39. The summed E-state index contributed by atoms with van der Waals surface area (Å²) in [5.74, 6) is 0.864. The maximum absolute atomic E-state index is 13.0. The van der Waals surface area contributed by atoms with E-state index in [4.69, 9.17) is 16.1 Å². The third-order valence-corrected chi connectivity index (χ3v) is 6.49. The molecule has 1 saturated heterocycles. The van der Waals surface area contributed by atoms with E-state index in [0.717, 1.165) is 29.7 Å². The van der Waals surface area contributed by atoms with Crippen LogP contribution in [0.15, 0.2) is 41.2 Å². The van der Waals surface area contributed by atoms with Crippen molar-refractivity contribution < 1.29 is 14.1 Å². The first-order valence-electron chi connectivity index (χ1n) is 10.7. The average Bonchev–Trinajstić information content (AvgIpc) is 3.08. The second-order valence-corrected chi connectivity index (χ2v) is 8.98. The Balaban J connectivity index is 1.25. The molecule has 0 unspecified atom stereocenters. The lowest BCUT2D eigenvalue weighted by atomic mass is 9.91. The molecule has 2 aliphatic rings. The van der Waals surface area contributed by atoms with Gasteiger partial charge in [-0.2, -0.15) is 0 Å². The molecule has 32 heavy (non-hydrogen) atoms. The maximum Gasteiger partial charge on any atom is 0.259 e. The Labute approximate surface area is 191 Å². The molecular weight excluding hydrogens is 428 g/mol. The lowest BCUT2D eigenvalue weighted by molar-refractivity contribution is 0.0498. The first kappa shape index (κ1) is 20.7. The highest BCUT2D eigenvalue weighted by atomic mass is 35.5. The van der Waals surface area contributed by atoms with Gasteiger partial charge in [0.05, 0.1) is 17.6 Å². The molecule has 0 bridgehead atoms. The first-order chi connectivity index (χ1) is 15.4. The van der Waals surface area contributed by atoms with E-state index in [0.29, 0.717) is 53.2 Å². The number of carbonyl (C=O) groups is 2. The standard InChI is InChI=1S/C24H23ClN4O3/c1-14-22(15(2)32-27-14)24(31)28-12-17(13-28)7-16-8-20(11-26-10-16)29-6-5-18-9-19(25)3-4-21(18)23(29)30/h3-4,8-11,17H,5-7,12-13H2,1-2H3. The number of amides is 2. The minimum atomic E-state index is -0.0262. The van der Waals surface area contributed by atoms with Crippen molar-refractivity contribution >= 4 is 29.1 Å². The average molecular weight is 451 g/mol. The third-order valence-electron chi connectivity index (χ3n) is 6.26. The van der Waals surface area contributed by atoms with Crippen LogP contribution in [-0.4, -0.2) is 46.5 Å². The second-order valence-electron chi connectivity index (χ2n) is 8.54. The van der Waals surface area contributed by atoms with Crippen LogP contribution in [0.2, 0.25) is 5.02 Å². The summed E-state index contributed by atoms with van der Waals surface area (Å²) in [5, 5.41) is 4.52. The SMILES string of the molecule is Cc1noc(C)c1C(=O)N1CC(Cc2cncc(N3CCc4cc(Cl)ccc4C3=O)c2)C1. The van der Waals surface area contributed by atoms with Crippen LogP contribution in [0.3, 0.4) is 0 Å². The summed E-state index contributed by atoms with van der Waals surface area (Å²) in [7, 11) is 0. The summed E-state index contributed by atoms with van der Waals surface area (Å²) in [6.07, 6.45) is 5.13. The number of nitrogens with zero attached hydrogens (tertiary/aromatic N) is 4. The van der Waals surface area contributed by atoms with Crippen LogP contribution in [0.1, 0.15) is 43.3 Å². The molecule has 1 fully saturated rings. The number of anilines is 1. The molecule has 1 aromatic carbocycles. The Kier molecular flexibility index (Phi) is 5.21. The minimum absolute atomic E-state index is 0.0259. The molecule has 0 radical (unpaired) electrons. The van der Waals surface area contributed by atoms with Gasteiger partial charge in [0.15, 0.2) is 0 Å². The van der Waals surface area contributed by atoms with Crippen molar-refractivity contribution in [2.45, 2.75) is 26.7 Å². The van der Waals surface area contributed by atoms with E-state index in [1.54, 1.807) is 37.1 Å². The second kappa shape index (κ2) is 8.06. The van der Waals surface area contributed by atoms with Gasteiger partial charge in [-0.1, -0.05) is 16.8 Å². The summed E-state index contributed by atoms with van der Waals surface area (Å²) in [4.78, 5) is 33.7. The predicted molar refractivity (Wildman–Crippen MR) is 120 cm³/mol. The van der Waals surface area contributed by atoms with E-state index in [1.807, 2.05) is 23.2 Å². The molecule has 2 aliphatic heterocycles. The van der Waals surface area contributed by atoms with E-state index >= 15 is 0 Å². The number of aromatic nitrogens is 2. The number of rotatable bonds is 4. The minimum Gasteiger partial charge on any atom is -0.361 e. The van der Waals surface area contributed by atoms with Gasteiger partial charge in [0.25, 0.3) is 11.8 Å². The maximum atomic E-state index is 13.0. The van der Waals surface area contributed by atoms with E-state index in [9.17, 15) is 9.59 Å². The molecule has 2 amide bonds. The van der Waals surface area contributed by atoms with Crippen molar-refractivity contribution in [3.8, 4) is 0 Å². The molecule has 3 aromatic rings. The van der Waals surface area contributed by atoms with Crippen LogP contribution in [0.25, 0.3) is 0 Å². The molecule has 0 N–H and O–H groups in total. The summed E-state index contributed by atoms with van der Waals surface area (Å²) in [5.41, 5.74) is 4.74. The Hall–Kier alpha value is -3.19. The van der Waals surface area contributed by atoms with Crippen LogP contribution in [0.4, 0.5) is 5.69 Å². The van der Waals surface area contributed by atoms with Crippen molar-refractivity contribution in [3.05, 3.63) is 75.4 Å². The molecule has 164 valence electrons. The molecule has 0 atom stereocenters. The molecular formula is C24H23ClN4O3. The van der Waals surface area contributed by atoms with Gasteiger partial charge < -0.3 is 14.3 Å². The van der Waals surface area contributed by atoms with E-state index < -0.39 is 0 Å². The van der Waals surface area contributed by atoms with Crippen molar-refractivity contribution in [2.75, 3.05) is 24.5 Å². The van der Waals surface area contributed by atoms with Crippen molar-refractivity contribution in [1.82, 2.24) is 15.0 Å². The molecule has 4 heterocycles. The van der Waals surface area contributed by atoms with E-state index in [1.165, 1.54) is 0 Å². The number of benzene rings is 1. The lowest BCUT2D eigenvalue weighted by Crippen LogP contribution is -2.51. The number of fused-ring (bicyclic) bond motifs is 1. The van der Waals surface area contributed by atoms with Crippen LogP contribution >= 0.6 is 11.6 Å². The van der Waals surface area contributed by atoms with Crippen LogP contribution in [0, 0.1) is 19.8 Å². The number of aryl methyl sites for hydroxylation is 2. The zero-order valence-corrected chi connectivity index (χ0v) is 18.7. The Bertz CT molecular complexity index is 1200. The van der Waals surface area contributed by atoms with Crippen molar-refractivity contribution in [1.29, 1.82) is 0 Å². The van der Waals surface area contributed by atoms with E-state index in [-0.39, 0.29) is 11.8 Å². The summed E-state index contributed by atoms with van der Waals surface area (Å²) < 4.78 is 5.12. The molecule has 0 saturated carbocycles. The largest absolute Gasteiger partial charge is 0.361 e. The van der Waals surface area contributed by atoms with Gasteiger partial charge in [-0.25, -0.2) is 0 Å². The fourth-order valence-corrected chi connectivity index (χ4v) is 4.78. The molecule has 5 rings (SSSR count). The number of likely N-dealkylation sites (tertiary alicyclic amines) is 1. The number of hydrogen-bond acceptors (Lipinski definition) is 5. The number of hydrogen-bond donors (Lipinski definition) is 0. The molecule has 2 aromatic heterocycles. The fourth-order valence-electron chi connectivity index (χ4n) is 4.58. The molecule has 0 aliphatic carbocycles. The van der Waals surface area contributed by atoms with Gasteiger partial charge in [0.2, 0.25) is 0 Å². The molecule has 0 spiro atoms. The summed E-state index contributed by atoms with van der Waals surface area (Å²) in [6.45, 7) is 5.51. The van der Waals surface area contributed by atoms with Gasteiger partial charge in [-0.05, 0) is 68.0 Å². The van der Waals surface area contributed by atoms with Crippen molar-refractivity contribution in [2.24, 2.45) is 5.92 Å². The zero-order chi connectivity index (χ0) is 22.4. The van der Waals surface area contributed by atoms with Gasteiger partial charge in [-0.3, -0.25) is 14.6 Å². The Morgan fingerprint density at radius 3 is 2.78 bits per heavy atom. The third kappa shape index (κ3) is 3.66. The highest BCUT2D eigenvalue weighted by Crippen LogP contribution is 2.29. The summed E-state index contributed by atoms with van der Waals surface area (Å²) in [6, 6.07) is 7.45. The Morgan fingerprint density at radius 1 is 1.22 bits per heavy atom. The first-order valence-corrected chi connectivity index (χ1v) is 11.0. The van der Waals surface area contributed by atoms with Gasteiger partial charge in [0.1, 0.15) is 11.3 Å². The Morgan fingerprint density at radius 2 is 2.03 bits per heavy atom. The predicted octanol–water partition coefficient (Wildman–Crippen LogP) is 3.86. The van der Waals surface area contributed by atoms with Crippen LogP contribution in [0.5, 0.6) is 0 Å². The topological polar surface area (TPSA) is 79.5 Å². The quantitative estimate of drug-likeness (QED) is 0.603. The molecule has 8 heteroatoms. The number of pyridine rings is 1. The van der Waals surface area contributed by atoms with Gasteiger partial charge in [0, 0.05) is 36.4 Å². The highest BCUT2D eigenvalue weighted by Gasteiger charge is 2.34. The van der Waals surface area contributed by atoms with Crippen LogP contribution < -0.4 is 4.90 Å². The monoisotopic (exact) mass is 450 g/mol. The highest BCUT2D eigenvalue weighted by molar-refractivity contribution is 6.30. The fraction of sp³-hybridized carbons (Fsp3) is 0.333. The zero-order valence-electron chi connectivity index (χ0n) is 18.0.